The van der Waals surface area contributed by atoms with Crippen LogP contribution in [0.1, 0.15) is 39.1 Å². The van der Waals surface area contributed by atoms with E-state index in [9.17, 15) is 9.59 Å². The molecule has 38 heavy (non-hydrogen) atoms. The van der Waals surface area contributed by atoms with Crippen LogP contribution in [0.2, 0.25) is 5.02 Å². The van der Waals surface area contributed by atoms with E-state index in [1.807, 2.05) is 18.2 Å². The lowest BCUT2D eigenvalue weighted by Crippen LogP contribution is -2.59. The molecule has 2 atom stereocenters. The van der Waals surface area contributed by atoms with E-state index < -0.39 is 0 Å². The zero-order valence-corrected chi connectivity index (χ0v) is 21.8. The monoisotopic (exact) mass is 531 g/mol. The Kier molecular flexibility index (Phi) is 7.10. The average molecular weight is 532 g/mol. The maximum absolute atomic E-state index is 13.0. The summed E-state index contributed by atoms with van der Waals surface area (Å²) in [5.41, 5.74) is 2.16. The Hall–Kier alpha value is -3.33. The summed E-state index contributed by atoms with van der Waals surface area (Å²) in [5, 5.41) is 0.724. The predicted octanol–water partition coefficient (Wildman–Crippen LogP) is 3.71. The zero-order valence-electron chi connectivity index (χ0n) is 21.1. The van der Waals surface area contributed by atoms with Gasteiger partial charge in [-0.15, -0.1) is 0 Å². The number of piperidine rings is 1. The first-order valence-electron chi connectivity index (χ1n) is 13.2. The molecule has 0 unspecified atom stereocenters. The first-order chi connectivity index (χ1) is 18.6. The number of hydrogen-bond donors (Lipinski definition) is 0. The van der Waals surface area contributed by atoms with Gasteiger partial charge in [0.2, 0.25) is 5.95 Å². The number of hydrogen-bond acceptors (Lipinski definition) is 7. The highest BCUT2D eigenvalue weighted by Gasteiger charge is 2.40. The molecule has 4 heterocycles. The fourth-order valence-corrected chi connectivity index (χ4v) is 5.99. The third-order valence-corrected chi connectivity index (χ3v) is 8.08. The van der Waals surface area contributed by atoms with Gasteiger partial charge in [0, 0.05) is 49.1 Å². The molecule has 0 bridgehead atoms. The molecule has 196 valence electrons. The van der Waals surface area contributed by atoms with Gasteiger partial charge in [0.1, 0.15) is 0 Å². The van der Waals surface area contributed by atoms with Crippen LogP contribution in [0, 0.1) is 0 Å². The number of fused-ring (bicyclic) bond motifs is 1. The van der Waals surface area contributed by atoms with Gasteiger partial charge in [0.15, 0.2) is 0 Å². The molecule has 0 spiro atoms. The SMILES string of the molecule is O=C1c2ccccc2C(=O)N1C[C@H]1CN(C2CCN(c3ncccn3)CC2)[C@@H](Cc2ccc(Cl)cc2)CO1. The number of carbonyl (C=O) groups is 2. The summed E-state index contributed by atoms with van der Waals surface area (Å²) in [5.74, 6) is 0.301. The van der Waals surface area contributed by atoms with E-state index in [4.69, 9.17) is 16.3 Å². The van der Waals surface area contributed by atoms with Gasteiger partial charge in [0.05, 0.1) is 30.4 Å². The van der Waals surface area contributed by atoms with Crippen molar-refractivity contribution in [1.29, 1.82) is 0 Å². The van der Waals surface area contributed by atoms with Crippen LogP contribution in [-0.4, -0.2) is 82.6 Å². The van der Waals surface area contributed by atoms with Crippen molar-refractivity contribution in [1.82, 2.24) is 19.8 Å². The Morgan fingerprint density at radius 2 is 1.55 bits per heavy atom. The van der Waals surface area contributed by atoms with E-state index in [0.29, 0.717) is 30.3 Å². The standard InChI is InChI=1S/C29H30ClN5O3/c30-21-8-6-20(7-9-21)16-23-19-38-24(18-35-27(36)25-4-1-2-5-26(25)28(35)37)17-34(23)22-10-14-33(15-11-22)29-31-12-3-13-32-29/h1-9,12-13,22-24H,10-11,14-19H2/t23-,24+/m0/s1. The van der Waals surface area contributed by atoms with Crippen molar-refractivity contribution >= 4 is 29.4 Å². The lowest BCUT2D eigenvalue weighted by molar-refractivity contribution is -0.0864. The summed E-state index contributed by atoms with van der Waals surface area (Å²) >= 11 is 6.12. The smallest absolute Gasteiger partial charge is 0.261 e. The summed E-state index contributed by atoms with van der Waals surface area (Å²) in [6.45, 7) is 3.22. The van der Waals surface area contributed by atoms with Crippen LogP contribution in [-0.2, 0) is 11.2 Å². The number of morpholine rings is 1. The number of benzene rings is 2. The van der Waals surface area contributed by atoms with Crippen LogP contribution >= 0.6 is 11.6 Å². The minimum atomic E-state index is -0.242. The lowest BCUT2D eigenvalue weighted by atomic mass is 9.96. The molecule has 0 N–H and O–H groups in total. The Balaban J connectivity index is 1.17. The minimum absolute atomic E-state index is 0.194. The predicted molar refractivity (Wildman–Crippen MR) is 144 cm³/mol. The van der Waals surface area contributed by atoms with Crippen molar-refractivity contribution in [3.63, 3.8) is 0 Å². The third kappa shape index (κ3) is 5.04. The number of aromatic nitrogens is 2. The Labute approximate surface area is 227 Å². The van der Waals surface area contributed by atoms with E-state index in [1.54, 1.807) is 36.7 Å². The maximum Gasteiger partial charge on any atom is 0.261 e. The first kappa shape index (κ1) is 25.0. The largest absolute Gasteiger partial charge is 0.373 e. The molecule has 2 fully saturated rings. The van der Waals surface area contributed by atoms with Gasteiger partial charge in [0.25, 0.3) is 11.8 Å². The van der Waals surface area contributed by atoms with Gasteiger partial charge in [-0.2, -0.15) is 0 Å². The number of halogens is 1. The highest BCUT2D eigenvalue weighted by atomic mass is 35.5. The summed E-state index contributed by atoms with van der Waals surface area (Å²) < 4.78 is 6.31. The normalized spacial score (nSPS) is 22.7. The van der Waals surface area contributed by atoms with Crippen molar-refractivity contribution in [2.75, 3.05) is 37.7 Å². The van der Waals surface area contributed by atoms with E-state index in [2.05, 4.69) is 31.9 Å². The topological polar surface area (TPSA) is 78.9 Å². The number of anilines is 1. The maximum atomic E-state index is 13.0. The van der Waals surface area contributed by atoms with Gasteiger partial charge < -0.3 is 9.64 Å². The van der Waals surface area contributed by atoms with Gasteiger partial charge in [-0.25, -0.2) is 9.97 Å². The van der Waals surface area contributed by atoms with Crippen molar-refractivity contribution in [2.24, 2.45) is 0 Å². The molecule has 8 nitrogen and oxygen atoms in total. The lowest BCUT2D eigenvalue weighted by Gasteiger charge is -2.47. The molecular formula is C29H30ClN5O3. The number of nitrogens with zero attached hydrogens (tertiary/aromatic N) is 5. The van der Waals surface area contributed by atoms with Crippen LogP contribution in [0.15, 0.2) is 67.0 Å². The number of imide groups is 1. The van der Waals surface area contributed by atoms with Crippen molar-refractivity contribution in [2.45, 2.75) is 37.5 Å². The fraction of sp³-hybridized carbons (Fsp3) is 0.379. The van der Waals surface area contributed by atoms with Crippen molar-refractivity contribution in [3.05, 3.63) is 88.7 Å². The molecule has 2 aromatic carbocycles. The molecule has 0 radical (unpaired) electrons. The van der Waals surface area contributed by atoms with E-state index in [1.165, 1.54) is 10.5 Å². The number of rotatable bonds is 6. The van der Waals surface area contributed by atoms with Crippen LogP contribution in [0.25, 0.3) is 0 Å². The van der Waals surface area contributed by atoms with Crippen molar-refractivity contribution < 1.29 is 14.3 Å². The van der Waals surface area contributed by atoms with Gasteiger partial charge >= 0.3 is 0 Å². The molecule has 1 aromatic heterocycles. The van der Waals surface area contributed by atoms with Crippen LogP contribution in [0.3, 0.4) is 0 Å². The Morgan fingerprint density at radius 3 is 2.21 bits per heavy atom. The highest BCUT2D eigenvalue weighted by molar-refractivity contribution is 6.30. The van der Waals surface area contributed by atoms with E-state index in [-0.39, 0.29) is 30.5 Å². The second kappa shape index (κ2) is 10.8. The van der Waals surface area contributed by atoms with E-state index in [0.717, 1.165) is 43.3 Å². The molecule has 2 amide bonds. The van der Waals surface area contributed by atoms with Gasteiger partial charge in [-0.1, -0.05) is 35.9 Å². The summed E-state index contributed by atoms with van der Waals surface area (Å²) in [6, 6.07) is 17.4. The number of ether oxygens (including phenoxy) is 1. The molecule has 0 saturated carbocycles. The molecule has 3 aromatic rings. The second-order valence-corrected chi connectivity index (χ2v) is 10.6. The minimum Gasteiger partial charge on any atom is -0.373 e. The van der Waals surface area contributed by atoms with Crippen LogP contribution < -0.4 is 4.90 Å². The van der Waals surface area contributed by atoms with E-state index >= 15 is 0 Å². The fourth-order valence-electron chi connectivity index (χ4n) is 5.87. The van der Waals surface area contributed by atoms with Gasteiger partial charge in [-0.05, 0) is 55.2 Å². The molecule has 9 heteroatoms. The highest BCUT2D eigenvalue weighted by Crippen LogP contribution is 2.28. The zero-order chi connectivity index (χ0) is 26.1. The summed E-state index contributed by atoms with van der Waals surface area (Å²) in [4.78, 5) is 40.9. The summed E-state index contributed by atoms with van der Waals surface area (Å²) in [6.07, 6.45) is 6.13. The molecule has 0 aliphatic carbocycles. The Bertz CT molecular complexity index is 1260. The molecule has 6 rings (SSSR count). The number of amides is 2. The third-order valence-electron chi connectivity index (χ3n) is 7.83. The molecule has 2 saturated heterocycles. The quantitative estimate of drug-likeness (QED) is 0.449. The Morgan fingerprint density at radius 1 is 0.895 bits per heavy atom. The number of carbonyl (C=O) groups excluding carboxylic acids is 2. The summed E-state index contributed by atoms with van der Waals surface area (Å²) in [7, 11) is 0. The molecule has 3 aliphatic rings. The first-order valence-corrected chi connectivity index (χ1v) is 13.5. The van der Waals surface area contributed by atoms with Crippen LogP contribution in [0.4, 0.5) is 5.95 Å². The average Bonchev–Trinajstić information content (AvgIpc) is 3.20. The van der Waals surface area contributed by atoms with Crippen LogP contribution in [0.5, 0.6) is 0 Å². The van der Waals surface area contributed by atoms with Gasteiger partial charge in [-0.3, -0.25) is 19.4 Å². The van der Waals surface area contributed by atoms with Crippen molar-refractivity contribution in [3.8, 4) is 0 Å². The molecular weight excluding hydrogens is 502 g/mol. The molecule has 3 aliphatic heterocycles. The second-order valence-electron chi connectivity index (χ2n) is 10.2.